The molecule has 144 valence electrons. The van der Waals surface area contributed by atoms with Gasteiger partial charge in [-0.15, -0.1) is 0 Å². The molecular formula is C20H25ClN4OS. The molecule has 0 unspecified atom stereocenters. The second-order valence-corrected chi connectivity index (χ2v) is 8.17. The zero-order chi connectivity index (χ0) is 19.2. The number of hydrogen-bond donors (Lipinski definition) is 1. The van der Waals surface area contributed by atoms with E-state index in [0.29, 0.717) is 11.7 Å². The SMILES string of the molecule is CSc1ncc(Cl)c(C(=O)NCc2ccccc2CN2CCC[C@@H](C)C2)n1. The molecule has 1 amide bonds. The second-order valence-electron chi connectivity index (χ2n) is 6.99. The maximum atomic E-state index is 12.5. The molecule has 5 nitrogen and oxygen atoms in total. The maximum absolute atomic E-state index is 12.5. The average Bonchev–Trinajstić information content (AvgIpc) is 2.67. The van der Waals surface area contributed by atoms with Crippen LogP contribution in [0.25, 0.3) is 0 Å². The summed E-state index contributed by atoms with van der Waals surface area (Å²) in [7, 11) is 0. The van der Waals surface area contributed by atoms with Crippen molar-refractivity contribution in [2.75, 3.05) is 19.3 Å². The van der Waals surface area contributed by atoms with Crippen molar-refractivity contribution in [3.8, 4) is 0 Å². The van der Waals surface area contributed by atoms with Crippen molar-refractivity contribution >= 4 is 29.3 Å². The van der Waals surface area contributed by atoms with Gasteiger partial charge in [-0.3, -0.25) is 9.69 Å². The van der Waals surface area contributed by atoms with Crippen molar-refractivity contribution < 1.29 is 4.79 Å². The highest BCUT2D eigenvalue weighted by atomic mass is 35.5. The van der Waals surface area contributed by atoms with Crippen LogP contribution in [0, 0.1) is 5.92 Å². The van der Waals surface area contributed by atoms with Crippen LogP contribution in [0.5, 0.6) is 0 Å². The van der Waals surface area contributed by atoms with Gasteiger partial charge in [0.1, 0.15) is 0 Å². The topological polar surface area (TPSA) is 58.1 Å². The van der Waals surface area contributed by atoms with E-state index in [2.05, 4.69) is 45.3 Å². The highest BCUT2D eigenvalue weighted by molar-refractivity contribution is 7.98. The van der Waals surface area contributed by atoms with Gasteiger partial charge in [0.15, 0.2) is 10.9 Å². The molecular weight excluding hydrogens is 380 g/mol. The summed E-state index contributed by atoms with van der Waals surface area (Å²) in [5.74, 6) is 0.468. The maximum Gasteiger partial charge on any atom is 0.271 e. The Balaban J connectivity index is 1.67. The standard InChI is InChI=1S/C20H25ClN4OS/c1-14-6-5-9-25(12-14)13-16-8-4-3-7-15(16)10-22-19(26)18-17(21)11-23-20(24-18)27-2/h3-4,7-8,11,14H,5-6,9-10,12-13H2,1-2H3,(H,22,26)/t14-/m1/s1. The van der Waals surface area contributed by atoms with Gasteiger partial charge in [0.2, 0.25) is 0 Å². The number of piperidine rings is 1. The fraction of sp³-hybridized carbons (Fsp3) is 0.450. The number of carbonyl (C=O) groups is 1. The van der Waals surface area contributed by atoms with Crippen LogP contribution in [0.3, 0.4) is 0 Å². The van der Waals surface area contributed by atoms with Crippen molar-refractivity contribution in [3.05, 3.63) is 52.3 Å². The first kappa shape index (κ1) is 20.1. The Morgan fingerprint density at radius 3 is 2.89 bits per heavy atom. The number of nitrogens with zero attached hydrogens (tertiary/aromatic N) is 3. The lowest BCUT2D eigenvalue weighted by molar-refractivity contribution is 0.0945. The van der Waals surface area contributed by atoms with Gasteiger partial charge in [-0.05, 0) is 42.7 Å². The molecule has 1 saturated heterocycles. The molecule has 1 N–H and O–H groups in total. The third-order valence-corrected chi connectivity index (χ3v) is 5.65. The van der Waals surface area contributed by atoms with Crippen molar-refractivity contribution in [2.45, 2.75) is 38.0 Å². The van der Waals surface area contributed by atoms with Crippen LogP contribution in [0.2, 0.25) is 5.02 Å². The van der Waals surface area contributed by atoms with Crippen molar-refractivity contribution in [1.82, 2.24) is 20.2 Å². The van der Waals surface area contributed by atoms with Crippen LogP contribution >= 0.6 is 23.4 Å². The number of hydrogen-bond acceptors (Lipinski definition) is 5. The molecule has 1 aliphatic heterocycles. The van der Waals surface area contributed by atoms with Crippen LogP contribution in [-0.2, 0) is 13.1 Å². The lowest BCUT2D eigenvalue weighted by Crippen LogP contribution is -2.34. The quantitative estimate of drug-likeness (QED) is 0.582. The lowest BCUT2D eigenvalue weighted by Gasteiger charge is -2.31. The van der Waals surface area contributed by atoms with Crippen LogP contribution in [0.1, 0.15) is 41.4 Å². The minimum absolute atomic E-state index is 0.221. The molecule has 1 aromatic heterocycles. The van der Waals surface area contributed by atoms with Crippen molar-refractivity contribution in [2.24, 2.45) is 5.92 Å². The number of amides is 1. The summed E-state index contributed by atoms with van der Waals surface area (Å²) in [6.07, 6.45) is 5.90. The Morgan fingerprint density at radius 2 is 2.15 bits per heavy atom. The predicted octanol–water partition coefficient (Wildman–Crippen LogP) is 4.01. The fourth-order valence-electron chi connectivity index (χ4n) is 3.42. The van der Waals surface area contributed by atoms with Gasteiger partial charge in [-0.2, -0.15) is 0 Å². The molecule has 1 aliphatic rings. The van der Waals surface area contributed by atoms with E-state index < -0.39 is 0 Å². The summed E-state index contributed by atoms with van der Waals surface area (Å²) in [5.41, 5.74) is 2.60. The van der Waals surface area contributed by atoms with Gasteiger partial charge in [-0.1, -0.05) is 54.6 Å². The molecule has 0 aliphatic carbocycles. The number of halogens is 1. The first-order valence-electron chi connectivity index (χ1n) is 9.20. The number of nitrogens with one attached hydrogen (secondary N) is 1. The van der Waals surface area contributed by atoms with Crippen LogP contribution < -0.4 is 5.32 Å². The van der Waals surface area contributed by atoms with Crippen molar-refractivity contribution in [3.63, 3.8) is 0 Å². The summed E-state index contributed by atoms with van der Waals surface area (Å²) in [6.45, 7) is 5.95. The first-order valence-corrected chi connectivity index (χ1v) is 10.8. The van der Waals surface area contributed by atoms with E-state index in [1.54, 1.807) is 0 Å². The van der Waals surface area contributed by atoms with Gasteiger partial charge in [0, 0.05) is 19.6 Å². The lowest BCUT2D eigenvalue weighted by atomic mass is 9.99. The van der Waals surface area contributed by atoms with E-state index in [0.717, 1.165) is 31.1 Å². The Labute approximate surface area is 169 Å². The largest absolute Gasteiger partial charge is 0.347 e. The number of carbonyl (C=O) groups excluding carboxylic acids is 1. The molecule has 7 heteroatoms. The molecule has 0 saturated carbocycles. The number of thioether (sulfide) groups is 1. The Bertz CT molecular complexity index is 801. The molecule has 2 aromatic rings. The molecule has 1 aromatic carbocycles. The molecule has 0 bridgehead atoms. The van der Waals surface area contributed by atoms with E-state index >= 15 is 0 Å². The number of benzene rings is 1. The Hall–Kier alpha value is -1.63. The third kappa shape index (κ3) is 5.43. The molecule has 0 radical (unpaired) electrons. The van der Waals surface area contributed by atoms with E-state index in [4.69, 9.17) is 11.6 Å². The van der Waals surface area contributed by atoms with E-state index in [1.807, 2.05) is 12.3 Å². The zero-order valence-electron chi connectivity index (χ0n) is 15.7. The molecule has 3 rings (SSSR count). The minimum atomic E-state index is -0.279. The molecule has 2 heterocycles. The van der Waals surface area contributed by atoms with Gasteiger partial charge in [-0.25, -0.2) is 9.97 Å². The Kier molecular flexibility index (Phi) is 7.10. The number of likely N-dealkylation sites (tertiary alicyclic amines) is 1. The van der Waals surface area contributed by atoms with E-state index in [9.17, 15) is 4.79 Å². The van der Waals surface area contributed by atoms with Crippen LogP contribution in [0.4, 0.5) is 0 Å². The number of aromatic nitrogens is 2. The smallest absolute Gasteiger partial charge is 0.271 e. The van der Waals surface area contributed by atoms with Gasteiger partial charge in [0.25, 0.3) is 5.91 Å². The van der Waals surface area contributed by atoms with E-state index in [-0.39, 0.29) is 16.6 Å². The summed E-state index contributed by atoms with van der Waals surface area (Å²) in [4.78, 5) is 23.4. The second kappa shape index (κ2) is 9.53. The van der Waals surface area contributed by atoms with Crippen molar-refractivity contribution in [1.29, 1.82) is 0 Å². The minimum Gasteiger partial charge on any atom is -0.347 e. The molecule has 0 spiro atoms. The Morgan fingerprint density at radius 1 is 1.37 bits per heavy atom. The highest BCUT2D eigenvalue weighted by Crippen LogP contribution is 2.20. The van der Waals surface area contributed by atoms with Gasteiger partial charge >= 0.3 is 0 Å². The molecule has 1 fully saturated rings. The highest BCUT2D eigenvalue weighted by Gasteiger charge is 2.18. The molecule has 1 atom stereocenters. The molecule has 27 heavy (non-hydrogen) atoms. The van der Waals surface area contributed by atoms with Gasteiger partial charge < -0.3 is 5.32 Å². The predicted molar refractivity (Wildman–Crippen MR) is 110 cm³/mol. The summed E-state index contributed by atoms with van der Waals surface area (Å²) in [6, 6.07) is 8.27. The van der Waals surface area contributed by atoms with E-state index in [1.165, 1.54) is 36.4 Å². The zero-order valence-corrected chi connectivity index (χ0v) is 17.3. The third-order valence-electron chi connectivity index (χ3n) is 4.81. The van der Waals surface area contributed by atoms with Gasteiger partial charge in [0.05, 0.1) is 11.2 Å². The monoisotopic (exact) mass is 404 g/mol. The summed E-state index contributed by atoms with van der Waals surface area (Å²) in [5, 5.41) is 3.75. The summed E-state index contributed by atoms with van der Waals surface area (Å²) < 4.78 is 0. The summed E-state index contributed by atoms with van der Waals surface area (Å²) >= 11 is 7.48. The normalized spacial score (nSPS) is 17.7. The average molecular weight is 405 g/mol. The van der Waals surface area contributed by atoms with Crippen LogP contribution in [0.15, 0.2) is 35.6 Å². The fourth-order valence-corrected chi connectivity index (χ4v) is 3.94. The van der Waals surface area contributed by atoms with Crippen LogP contribution in [-0.4, -0.2) is 40.1 Å². The number of rotatable bonds is 6. The first-order chi connectivity index (χ1) is 13.1.